The fourth-order valence-corrected chi connectivity index (χ4v) is 2.85. The summed E-state index contributed by atoms with van der Waals surface area (Å²) in [5.41, 5.74) is 6.64. The largest absolute Gasteiger partial charge is 0.493 e. The van der Waals surface area contributed by atoms with E-state index < -0.39 is 5.54 Å². The van der Waals surface area contributed by atoms with Crippen LogP contribution in [0.3, 0.4) is 0 Å². The van der Waals surface area contributed by atoms with Gasteiger partial charge in [0.25, 0.3) is 0 Å². The molecule has 19 heavy (non-hydrogen) atoms. The Morgan fingerprint density at radius 2 is 2.32 bits per heavy atom. The minimum Gasteiger partial charge on any atom is -0.493 e. The van der Waals surface area contributed by atoms with E-state index in [-0.39, 0.29) is 18.3 Å². The molecule has 4 heteroatoms. The molecule has 1 saturated carbocycles. The van der Waals surface area contributed by atoms with Crippen molar-refractivity contribution in [2.45, 2.75) is 38.1 Å². The normalized spacial score (nSPS) is 26.6. The number of benzene rings is 1. The van der Waals surface area contributed by atoms with Gasteiger partial charge in [-0.1, -0.05) is 12.5 Å². The minimum atomic E-state index is -0.458. The topological polar surface area (TPSA) is 55.5 Å². The summed E-state index contributed by atoms with van der Waals surface area (Å²) in [6.45, 7) is 2.43. The van der Waals surface area contributed by atoms with Gasteiger partial charge in [-0.3, -0.25) is 0 Å². The van der Waals surface area contributed by atoms with Gasteiger partial charge in [-0.2, -0.15) is 0 Å². The average molecular weight is 267 g/mol. The standard InChI is InChI=1S/C15H22FNO2/c1-11-4-5-13(16)9-14(11)19-8-6-12-3-2-7-15(12,17)10-18/h4-5,9,12,18H,2-3,6-8,10,17H2,1H3. The number of rotatable bonds is 5. The molecule has 1 fully saturated rings. The molecule has 3 N–H and O–H groups in total. The molecule has 2 unspecified atom stereocenters. The van der Waals surface area contributed by atoms with Gasteiger partial charge in [0.15, 0.2) is 0 Å². The van der Waals surface area contributed by atoms with Gasteiger partial charge in [-0.15, -0.1) is 0 Å². The fraction of sp³-hybridized carbons (Fsp3) is 0.600. The molecule has 0 heterocycles. The quantitative estimate of drug-likeness (QED) is 0.861. The molecule has 106 valence electrons. The Hall–Kier alpha value is -1.13. The van der Waals surface area contributed by atoms with E-state index >= 15 is 0 Å². The Kier molecular flexibility index (Phi) is 4.42. The van der Waals surface area contributed by atoms with Crippen LogP contribution in [-0.2, 0) is 0 Å². The highest BCUT2D eigenvalue weighted by molar-refractivity contribution is 5.32. The van der Waals surface area contributed by atoms with Crippen LogP contribution in [0.5, 0.6) is 5.75 Å². The van der Waals surface area contributed by atoms with Gasteiger partial charge in [-0.25, -0.2) is 4.39 Å². The molecule has 0 amide bonds. The fourth-order valence-electron chi connectivity index (χ4n) is 2.85. The van der Waals surface area contributed by atoms with Gasteiger partial charge in [-0.05, 0) is 43.7 Å². The summed E-state index contributed by atoms with van der Waals surface area (Å²) >= 11 is 0. The third kappa shape index (κ3) is 3.25. The van der Waals surface area contributed by atoms with Gasteiger partial charge in [0.2, 0.25) is 0 Å². The van der Waals surface area contributed by atoms with Crippen LogP contribution in [0.15, 0.2) is 18.2 Å². The summed E-state index contributed by atoms with van der Waals surface area (Å²) in [7, 11) is 0. The molecule has 3 nitrogen and oxygen atoms in total. The number of hydrogen-bond donors (Lipinski definition) is 2. The minimum absolute atomic E-state index is 0.0245. The maximum absolute atomic E-state index is 13.1. The molecule has 1 aromatic rings. The summed E-state index contributed by atoms with van der Waals surface area (Å²) in [5.74, 6) is 0.584. The number of ether oxygens (including phenoxy) is 1. The van der Waals surface area contributed by atoms with Gasteiger partial charge in [0.05, 0.1) is 13.2 Å². The van der Waals surface area contributed by atoms with Crippen molar-refractivity contribution in [2.24, 2.45) is 11.7 Å². The molecule has 0 saturated heterocycles. The molecule has 1 aliphatic rings. The third-order valence-corrected chi connectivity index (χ3v) is 4.18. The highest BCUT2D eigenvalue weighted by atomic mass is 19.1. The van der Waals surface area contributed by atoms with Crippen molar-refractivity contribution >= 4 is 0 Å². The van der Waals surface area contributed by atoms with Crippen molar-refractivity contribution in [3.63, 3.8) is 0 Å². The van der Waals surface area contributed by atoms with Gasteiger partial charge < -0.3 is 15.6 Å². The molecule has 0 aliphatic heterocycles. The molecular formula is C15H22FNO2. The van der Waals surface area contributed by atoms with E-state index in [0.717, 1.165) is 31.2 Å². The molecule has 0 bridgehead atoms. The summed E-state index contributed by atoms with van der Waals surface area (Å²) in [5, 5.41) is 9.38. The molecule has 0 spiro atoms. The molecule has 1 aliphatic carbocycles. The average Bonchev–Trinajstić information content (AvgIpc) is 2.76. The Labute approximate surface area is 113 Å². The predicted molar refractivity (Wildman–Crippen MR) is 72.6 cm³/mol. The van der Waals surface area contributed by atoms with Crippen molar-refractivity contribution in [3.05, 3.63) is 29.6 Å². The second-order valence-electron chi connectivity index (χ2n) is 5.53. The Morgan fingerprint density at radius 1 is 1.53 bits per heavy atom. The van der Waals surface area contributed by atoms with Crippen LogP contribution in [0.25, 0.3) is 0 Å². The van der Waals surface area contributed by atoms with E-state index in [4.69, 9.17) is 10.5 Å². The zero-order chi connectivity index (χ0) is 13.9. The van der Waals surface area contributed by atoms with E-state index in [2.05, 4.69) is 0 Å². The van der Waals surface area contributed by atoms with Crippen LogP contribution in [0.2, 0.25) is 0 Å². The van der Waals surface area contributed by atoms with Gasteiger partial charge in [0.1, 0.15) is 11.6 Å². The maximum atomic E-state index is 13.1. The van der Waals surface area contributed by atoms with E-state index in [1.54, 1.807) is 6.07 Å². The first-order valence-corrected chi connectivity index (χ1v) is 6.84. The monoisotopic (exact) mass is 267 g/mol. The van der Waals surface area contributed by atoms with Crippen molar-refractivity contribution in [1.82, 2.24) is 0 Å². The highest BCUT2D eigenvalue weighted by Gasteiger charge is 2.38. The second kappa shape index (κ2) is 5.88. The van der Waals surface area contributed by atoms with Crippen molar-refractivity contribution in [3.8, 4) is 5.75 Å². The lowest BCUT2D eigenvalue weighted by Gasteiger charge is -2.29. The van der Waals surface area contributed by atoms with Gasteiger partial charge >= 0.3 is 0 Å². The molecular weight excluding hydrogens is 245 g/mol. The van der Waals surface area contributed by atoms with E-state index in [1.807, 2.05) is 6.92 Å². The van der Waals surface area contributed by atoms with E-state index in [9.17, 15) is 9.50 Å². The maximum Gasteiger partial charge on any atom is 0.126 e. The molecule has 2 atom stereocenters. The highest BCUT2D eigenvalue weighted by Crippen LogP contribution is 2.35. The molecule has 2 rings (SSSR count). The van der Waals surface area contributed by atoms with Crippen LogP contribution < -0.4 is 10.5 Å². The number of aryl methyl sites for hydroxylation is 1. The first kappa shape index (κ1) is 14.3. The lowest BCUT2D eigenvalue weighted by Crippen LogP contribution is -2.47. The lowest BCUT2D eigenvalue weighted by molar-refractivity contribution is 0.143. The van der Waals surface area contributed by atoms with E-state index in [0.29, 0.717) is 12.4 Å². The summed E-state index contributed by atoms with van der Waals surface area (Å²) < 4.78 is 18.8. The molecule has 0 radical (unpaired) electrons. The Bertz CT molecular complexity index is 438. The van der Waals surface area contributed by atoms with Crippen molar-refractivity contribution < 1.29 is 14.2 Å². The Morgan fingerprint density at radius 3 is 3.05 bits per heavy atom. The number of aliphatic hydroxyl groups excluding tert-OH is 1. The third-order valence-electron chi connectivity index (χ3n) is 4.18. The van der Waals surface area contributed by atoms with Crippen LogP contribution in [0.1, 0.15) is 31.2 Å². The first-order chi connectivity index (χ1) is 9.05. The van der Waals surface area contributed by atoms with Crippen LogP contribution >= 0.6 is 0 Å². The zero-order valence-corrected chi connectivity index (χ0v) is 11.4. The van der Waals surface area contributed by atoms with Crippen molar-refractivity contribution in [1.29, 1.82) is 0 Å². The lowest BCUT2D eigenvalue weighted by atomic mass is 9.87. The Balaban J connectivity index is 1.88. The number of halogens is 1. The number of hydrogen-bond acceptors (Lipinski definition) is 3. The van der Waals surface area contributed by atoms with Crippen molar-refractivity contribution in [2.75, 3.05) is 13.2 Å². The second-order valence-corrected chi connectivity index (χ2v) is 5.53. The summed E-state index contributed by atoms with van der Waals surface area (Å²) in [6, 6.07) is 4.54. The molecule has 1 aromatic carbocycles. The zero-order valence-electron chi connectivity index (χ0n) is 11.4. The number of nitrogens with two attached hydrogens (primary N) is 1. The summed E-state index contributed by atoms with van der Waals surface area (Å²) in [6.07, 6.45) is 3.75. The van der Waals surface area contributed by atoms with Crippen LogP contribution in [0, 0.1) is 18.7 Å². The summed E-state index contributed by atoms with van der Waals surface area (Å²) in [4.78, 5) is 0. The first-order valence-electron chi connectivity index (χ1n) is 6.84. The molecule has 0 aromatic heterocycles. The predicted octanol–water partition coefficient (Wildman–Crippen LogP) is 2.39. The number of aliphatic hydroxyl groups is 1. The van der Waals surface area contributed by atoms with Gasteiger partial charge in [0, 0.05) is 11.6 Å². The SMILES string of the molecule is Cc1ccc(F)cc1OCCC1CCCC1(N)CO. The van der Waals surface area contributed by atoms with Crippen LogP contribution in [-0.4, -0.2) is 23.9 Å². The van der Waals surface area contributed by atoms with Crippen LogP contribution in [0.4, 0.5) is 4.39 Å². The van der Waals surface area contributed by atoms with E-state index in [1.165, 1.54) is 12.1 Å². The smallest absolute Gasteiger partial charge is 0.126 e.